The molecule has 0 aliphatic carbocycles. The smallest absolute Gasteiger partial charge is 0.309 e. The number of rotatable bonds is 5. The van der Waals surface area contributed by atoms with Crippen LogP contribution >= 0.6 is 23.4 Å². The van der Waals surface area contributed by atoms with Gasteiger partial charge in [0.25, 0.3) is 5.56 Å². The second-order valence-electron chi connectivity index (χ2n) is 4.39. The first-order chi connectivity index (χ1) is 9.95. The van der Waals surface area contributed by atoms with Crippen molar-refractivity contribution in [3.63, 3.8) is 0 Å². The van der Waals surface area contributed by atoms with Gasteiger partial charge in [0.2, 0.25) is 0 Å². The third-order valence-electron chi connectivity index (χ3n) is 2.86. The fourth-order valence-electron chi connectivity index (χ4n) is 1.84. The summed E-state index contributed by atoms with van der Waals surface area (Å²) in [6.07, 6.45) is 3.53. The first-order valence-corrected chi connectivity index (χ1v) is 7.57. The minimum Gasteiger partial charge on any atom is -0.309 e. The molecule has 0 saturated heterocycles. The Kier molecular flexibility index (Phi) is 4.74. The zero-order valence-corrected chi connectivity index (χ0v) is 13.3. The van der Waals surface area contributed by atoms with E-state index >= 15 is 0 Å². The molecular weight excluding hydrogens is 312 g/mol. The van der Waals surface area contributed by atoms with Crippen molar-refractivity contribution in [1.82, 2.24) is 19.1 Å². The van der Waals surface area contributed by atoms with Gasteiger partial charge in [0.15, 0.2) is 16.3 Å². The third kappa shape index (κ3) is 3.14. The number of imidazole rings is 1. The monoisotopic (exact) mass is 326 g/mol. The number of H-pyrrole nitrogens is 1. The van der Waals surface area contributed by atoms with Crippen molar-refractivity contribution in [1.29, 1.82) is 0 Å². The van der Waals surface area contributed by atoms with E-state index < -0.39 is 11.2 Å². The van der Waals surface area contributed by atoms with E-state index in [1.807, 2.05) is 0 Å². The molecule has 0 atom stereocenters. The molecule has 0 radical (unpaired) electrons. The van der Waals surface area contributed by atoms with Gasteiger partial charge in [-0.25, -0.2) is 9.78 Å². The molecule has 0 aliphatic heterocycles. The standard InChI is InChI=1S/C13H15ClN4O2S/c1-4-7-21-13-15-10-9(18(13)6-5-8(2)14)11(19)16-12(20)17(10)3/h4-5H,1,6-7H2,2-3H3,(H,16,19,20). The van der Waals surface area contributed by atoms with Gasteiger partial charge in [0, 0.05) is 24.4 Å². The Morgan fingerprint density at radius 3 is 2.86 bits per heavy atom. The fourth-order valence-corrected chi connectivity index (χ4v) is 2.65. The van der Waals surface area contributed by atoms with Crippen LogP contribution in [-0.4, -0.2) is 24.9 Å². The molecule has 2 rings (SSSR count). The molecule has 0 aliphatic rings. The molecule has 2 aromatic rings. The summed E-state index contributed by atoms with van der Waals surface area (Å²) in [5, 5.41) is 1.27. The molecule has 0 fully saturated rings. The number of hydrogen-bond donors (Lipinski definition) is 1. The molecule has 2 heterocycles. The largest absolute Gasteiger partial charge is 0.329 e. The highest BCUT2D eigenvalue weighted by molar-refractivity contribution is 7.99. The molecule has 0 bridgehead atoms. The maximum Gasteiger partial charge on any atom is 0.329 e. The first-order valence-electron chi connectivity index (χ1n) is 6.21. The zero-order valence-electron chi connectivity index (χ0n) is 11.7. The molecule has 0 spiro atoms. The second kappa shape index (κ2) is 6.36. The van der Waals surface area contributed by atoms with E-state index in [4.69, 9.17) is 11.6 Å². The van der Waals surface area contributed by atoms with Crippen LogP contribution in [0.3, 0.4) is 0 Å². The Bertz CT molecular complexity index is 827. The van der Waals surface area contributed by atoms with Gasteiger partial charge in [-0.3, -0.25) is 14.3 Å². The van der Waals surface area contributed by atoms with Crippen molar-refractivity contribution in [2.24, 2.45) is 7.05 Å². The Balaban J connectivity index is 2.73. The predicted molar refractivity (Wildman–Crippen MR) is 86.1 cm³/mol. The van der Waals surface area contributed by atoms with Gasteiger partial charge < -0.3 is 4.57 Å². The fraction of sp³-hybridized carbons (Fsp3) is 0.308. The highest BCUT2D eigenvalue weighted by Crippen LogP contribution is 2.21. The normalized spacial score (nSPS) is 12.0. The summed E-state index contributed by atoms with van der Waals surface area (Å²) in [5.41, 5.74) is -0.220. The lowest BCUT2D eigenvalue weighted by atomic mass is 10.4. The van der Waals surface area contributed by atoms with Crippen molar-refractivity contribution in [3.05, 3.63) is 44.6 Å². The van der Waals surface area contributed by atoms with E-state index in [1.54, 1.807) is 30.7 Å². The lowest BCUT2D eigenvalue weighted by Gasteiger charge is -2.04. The quantitative estimate of drug-likeness (QED) is 0.672. The summed E-state index contributed by atoms with van der Waals surface area (Å²) in [6, 6.07) is 0. The summed E-state index contributed by atoms with van der Waals surface area (Å²) >= 11 is 7.30. The Morgan fingerprint density at radius 2 is 2.24 bits per heavy atom. The van der Waals surface area contributed by atoms with Crippen LogP contribution in [0.4, 0.5) is 0 Å². The van der Waals surface area contributed by atoms with E-state index in [9.17, 15) is 9.59 Å². The van der Waals surface area contributed by atoms with Gasteiger partial charge in [-0.15, -0.1) is 6.58 Å². The van der Waals surface area contributed by atoms with Crippen LogP contribution in [0.25, 0.3) is 11.2 Å². The number of nitrogens with one attached hydrogen (secondary N) is 1. The zero-order chi connectivity index (χ0) is 15.6. The van der Waals surface area contributed by atoms with Gasteiger partial charge in [-0.1, -0.05) is 35.5 Å². The molecule has 0 amide bonds. The minimum atomic E-state index is -0.485. The van der Waals surface area contributed by atoms with Crippen LogP contribution in [0.15, 0.2) is 38.5 Å². The van der Waals surface area contributed by atoms with Crippen molar-refractivity contribution in [2.75, 3.05) is 5.75 Å². The van der Waals surface area contributed by atoms with Gasteiger partial charge >= 0.3 is 5.69 Å². The number of thioether (sulfide) groups is 1. The molecule has 6 nitrogen and oxygen atoms in total. The number of aryl methyl sites for hydroxylation is 1. The summed E-state index contributed by atoms with van der Waals surface area (Å²) in [5.74, 6) is 0.652. The highest BCUT2D eigenvalue weighted by atomic mass is 35.5. The van der Waals surface area contributed by atoms with E-state index in [0.29, 0.717) is 33.7 Å². The van der Waals surface area contributed by atoms with Gasteiger partial charge in [-0.2, -0.15) is 0 Å². The lowest BCUT2D eigenvalue weighted by Crippen LogP contribution is -2.29. The van der Waals surface area contributed by atoms with Crippen molar-refractivity contribution in [2.45, 2.75) is 18.6 Å². The average Bonchev–Trinajstić information content (AvgIpc) is 2.79. The number of allylic oxidation sites excluding steroid dienone is 2. The molecule has 0 saturated carbocycles. The molecular formula is C13H15ClN4O2S. The third-order valence-corrected chi connectivity index (χ3v) is 3.98. The lowest BCUT2D eigenvalue weighted by molar-refractivity contribution is 0.743. The van der Waals surface area contributed by atoms with Crippen molar-refractivity contribution < 1.29 is 0 Å². The molecule has 0 unspecified atom stereocenters. The SMILES string of the molecule is C=CCSc1nc2c(c(=O)[nH]c(=O)n2C)n1CC=C(C)Cl. The number of aromatic amines is 1. The van der Waals surface area contributed by atoms with Crippen molar-refractivity contribution >= 4 is 34.5 Å². The van der Waals surface area contributed by atoms with Crippen LogP contribution in [0, 0.1) is 0 Å². The minimum absolute atomic E-state index is 0.357. The number of nitrogens with zero attached hydrogens (tertiary/aromatic N) is 3. The van der Waals surface area contributed by atoms with E-state index in [1.165, 1.54) is 16.3 Å². The predicted octanol–water partition coefficient (Wildman–Crippen LogP) is 1.84. The van der Waals surface area contributed by atoms with Crippen LogP contribution in [0.5, 0.6) is 0 Å². The first kappa shape index (κ1) is 15.7. The number of aromatic nitrogens is 4. The summed E-state index contributed by atoms with van der Waals surface area (Å²) in [4.78, 5) is 30.4. The van der Waals surface area contributed by atoms with Gasteiger partial charge in [-0.05, 0) is 6.92 Å². The van der Waals surface area contributed by atoms with Crippen LogP contribution in [-0.2, 0) is 13.6 Å². The topological polar surface area (TPSA) is 72.7 Å². The molecule has 21 heavy (non-hydrogen) atoms. The molecule has 0 aromatic carbocycles. The Labute approximate surface area is 130 Å². The molecule has 1 N–H and O–H groups in total. The van der Waals surface area contributed by atoms with E-state index in [0.717, 1.165) is 0 Å². The maximum atomic E-state index is 12.1. The summed E-state index contributed by atoms with van der Waals surface area (Å²) < 4.78 is 3.07. The maximum absolute atomic E-state index is 12.1. The van der Waals surface area contributed by atoms with Gasteiger partial charge in [0.05, 0.1) is 0 Å². The average molecular weight is 327 g/mol. The van der Waals surface area contributed by atoms with Crippen molar-refractivity contribution in [3.8, 4) is 0 Å². The molecule has 2 aromatic heterocycles. The summed E-state index contributed by atoms with van der Waals surface area (Å²) in [6.45, 7) is 5.84. The summed E-state index contributed by atoms with van der Waals surface area (Å²) in [7, 11) is 1.57. The number of halogens is 1. The van der Waals surface area contributed by atoms with E-state index in [-0.39, 0.29) is 0 Å². The van der Waals surface area contributed by atoms with Crippen LogP contribution < -0.4 is 11.2 Å². The molecule has 112 valence electrons. The highest BCUT2D eigenvalue weighted by Gasteiger charge is 2.16. The number of fused-ring (bicyclic) bond motifs is 1. The Hall–Kier alpha value is -1.73. The van der Waals surface area contributed by atoms with E-state index in [2.05, 4.69) is 16.5 Å². The van der Waals surface area contributed by atoms with Gasteiger partial charge in [0.1, 0.15) is 0 Å². The number of hydrogen-bond acceptors (Lipinski definition) is 4. The van der Waals surface area contributed by atoms with Crippen LogP contribution in [0.1, 0.15) is 6.92 Å². The second-order valence-corrected chi connectivity index (χ2v) is 5.97. The van der Waals surface area contributed by atoms with Crippen LogP contribution in [0.2, 0.25) is 0 Å². The Morgan fingerprint density at radius 1 is 1.52 bits per heavy atom. The molecule has 8 heteroatoms.